The molecule has 0 N–H and O–H groups in total. The van der Waals surface area contributed by atoms with Gasteiger partial charge in [0.05, 0.1) is 12.1 Å². The molecule has 0 spiro atoms. The highest BCUT2D eigenvalue weighted by Gasteiger charge is 2.36. The summed E-state index contributed by atoms with van der Waals surface area (Å²) in [6.07, 6.45) is 0.325. The van der Waals surface area contributed by atoms with Crippen molar-refractivity contribution in [3.8, 4) is 0 Å². The minimum absolute atomic E-state index is 0.0643. The molecule has 1 aromatic rings. The summed E-state index contributed by atoms with van der Waals surface area (Å²) in [5.74, 6) is -0.809. The van der Waals surface area contributed by atoms with Gasteiger partial charge in [0, 0.05) is 17.4 Å². The lowest BCUT2D eigenvalue weighted by Gasteiger charge is -2.18. The molecule has 2 rings (SSSR count). The summed E-state index contributed by atoms with van der Waals surface area (Å²) >= 11 is 3.20. The van der Waals surface area contributed by atoms with Gasteiger partial charge in [-0.2, -0.15) is 0 Å². The van der Waals surface area contributed by atoms with Crippen LogP contribution < -0.4 is 0 Å². The number of carbonyl (C=O) groups is 1. The van der Waals surface area contributed by atoms with E-state index in [9.17, 15) is 13.6 Å². The Morgan fingerprint density at radius 3 is 2.82 bits per heavy atom. The van der Waals surface area contributed by atoms with Crippen molar-refractivity contribution in [2.24, 2.45) is 0 Å². The van der Waals surface area contributed by atoms with Gasteiger partial charge in [-0.15, -0.1) is 0 Å². The average molecular weight is 304 g/mol. The minimum atomic E-state index is -1.34. The summed E-state index contributed by atoms with van der Waals surface area (Å²) < 4.78 is 27.2. The standard InChI is InChI=1S/C12H12BrF2NO/c1-12(15)4-5-16(7-12)11(17)9-6-8(14)2-3-10(9)13/h2-3,6H,4-5,7H2,1H3/t12-/m1/s1. The van der Waals surface area contributed by atoms with E-state index in [2.05, 4.69) is 15.9 Å². The predicted molar refractivity (Wildman–Crippen MR) is 64.1 cm³/mol. The highest BCUT2D eigenvalue weighted by Crippen LogP contribution is 2.27. The van der Waals surface area contributed by atoms with E-state index in [1.54, 1.807) is 0 Å². The van der Waals surface area contributed by atoms with Gasteiger partial charge >= 0.3 is 0 Å². The van der Waals surface area contributed by atoms with Crippen molar-refractivity contribution in [1.29, 1.82) is 0 Å². The number of nitrogens with zero attached hydrogens (tertiary/aromatic N) is 1. The zero-order valence-electron chi connectivity index (χ0n) is 9.34. The fraction of sp³-hybridized carbons (Fsp3) is 0.417. The van der Waals surface area contributed by atoms with Crippen molar-refractivity contribution < 1.29 is 13.6 Å². The number of hydrogen-bond acceptors (Lipinski definition) is 1. The number of carbonyl (C=O) groups excluding carboxylic acids is 1. The molecule has 0 aromatic heterocycles. The van der Waals surface area contributed by atoms with E-state index in [-0.39, 0.29) is 18.0 Å². The zero-order chi connectivity index (χ0) is 12.6. The molecule has 1 heterocycles. The quantitative estimate of drug-likeness (QED) is 0.780. The second-order valence-corrected chi connectivity index (χ2v) is 5.37. The van der Waals surface area contributed by atoms with Crippen molar-refractivity contribution in [1.82, 2.24) is 4.90 Å². The first-order chi connectivity index (χ1) is 7.89. The molecule has 2 nitrogen and oxygen atoms in total. The van der Waals surface area contributed by atoms with Gasteiger partial charge in [0.15, 0.2) is 0 Å². The molecule has 1 atom stereocenters. The number of hydrogen-bond donors (Lipinski definition) is 0. The van der Waals surface area contributed by atoms with Crippen LogP contribution in [0.3, 0.4) is 0 Å². The Bertz CT molecular complexity index is 462. The lowest BCUT2D eigenvalue weighted by molar-refractivity contribution is 0.0759. The minimum Gasteiger partial charge on any atom is -0.335 e. The maximum absolute atomic E-state index is 13.6. The number of likely N-dealkylation sites (tertiary alicyclic amines) is 1. The van der Waals surface area contributed by atoms with Crippen LogP contribution in [0.5, 0.6) is 0 Å². The van der Waals surface area contributed by atoms with Crippen LogP contribution in [-0.2, 0) is 0 Å². The first kappa shape index (κ1) is 12.5. The first-order valence-electron chi connectivity index (χ1n) is 5.32. The third-order valence-electron chi connectivity index (χ3n) is 2.87. The van der Waals surface area contributed by atoms with Gasteiger partial charge in [0.1, 0.15) is 11.5 Å². The van der Waals surface area contributed by atoms with Gasteiger partial charge in [-0.05, 0) is 41.1 Å². The first-order valence-corrected chi connectivity index (χ1v) is 6.12. The van der Waals surface area contributed by atoms with Gasteiger partial charge in [-0.25, -0.2) is 8.78 Å². The normalized spacial score (nSPS) is 24.1. The molecule has 0 bridgehead atoms. The fourth-order valence-electron chi connectivity index (χ4n) is 1.93. The molecule has 1 amide bonds. The Hall–Kier alpha value is -0.970. The Kier molecular flexibility index (Phi) is 3.21. The monoisotopic (exact) mass is 303 g/mol. The van der Waals surface area contributed by atoms with E-state index in [0.717, 1.165) is 0 Å². The maximum atomic E-state index is 13.6. The SMILES string of the molecule is C[C@@]1(F)CCN(C(=O)c2cc(F)ccc2Br)C1. The Balaban J connectivity index is 2.23. The molecule has 1 aromatic carbocycles. The highest BCUT2D eigenvalue weighted by molar-refractivity contribution is 9.10. The van der Waals surface area contributed by atoms with Gasteiger partial charge < -0.3 is 4.90 Å². The van der Waals surface area contributed by atoms with E-state index in [0.29, 0.717) is 17.4 Å². The summed E-state index contributed by atoms with van der Waals surface area (Å²) in [5.41, 5.74) is -1.10. The highest BCUT2D eigenvalue weighted by atomic mass is 79.9. The number of benzene rings is 1. The fourth-order valence-corrected chi connectivity index (χ4v) is 2.35. The van der Waals surface area contributed by atoms with E-state index < -0.39 is 11.5 Å². The Labute approximate surface area is 107 Å². The van der Waals surface area contributed by atoms with Crippen LogP contribution in [0.2, 0.25) is 0 Å². The molecule has 0 unspecified atom stereocenters. The summed E-state index contributed by atoms with van der Waals surface area (Å²) in [5, 5.41) is 0. The molecule has 5 heteroatoms. The third-order valence-corrected chi connectivity index (χ3v) is 3.56. The van der Waals surface area contributed by atoms with Gasteiger partial charge in [-0.3, -0.25) is 4.79 Å². The summed E-state index contributed by atoms with van der Waals surface area (Å²) in [4.78, 5) is 13.5. The third kappa shape index (κ3) is 2.65. The lowest BCUT2D eigenvalue weighted by Crippen LogP contribution is -2.32. The molecule has 1 aliphatic rings. The van der Waals surface area contributed by atoms with E-state index >= 15 is 0 Å². The topological polar surface area (TPSA) is 20.3 Å². The van der Waals surface area contributed by atoms with Crippen LogP contribution in [0.25, 0.3) is 0 Å². The number of amides is 1. The number of rotatable bonds is 1. The van der Waals surface area contributed by atoms with Crippen LogP contribution in [0.1, 0.15) is 23.7 Å². The van der Waals surface area contributed by atoms with Gasteiger partial charge in [-0.1, -0.05) is 0 Å². The van der Waals surface area contributed by atoms with Gasteiger partial charge in [0.25, 0.3) is 5.91 Å². The molecular formula is C12H12BrF2NO. The number of alkyl halides is 1. The molecule has 0 radical (unpaired) electrons. The van der Waals surface area contributed by atoms with Crippen molar-refractivity contribution in [3.05, 3.63) is 34.1 Å². The van der Waals surface area contributed by atoms with E-state index in [1.807, 2.05) is 0 Å². The van der Waals surface area contributed by atoms with Crippen LogP contribution in [0.15, 0.2) is 22.7 Å². The molecule has 0 aliphatic carbocycles. The van der Waals surface area contributed by atoms with E-state index in [1.165, 1.54) is 30.0 Å². The largest absolute Gasteiger partial charge is 0.335 e. The molecular weight excluding hydrogens is 292 g/mol. The lowest BCUT2D eigenvalue weighted by atomic mass is 10.1. The van der Waals surface area contributed by atoms with Gasteiger partial charge in [0.2, 0.25) is 0 Å². The van der Waals surface area contributed by atoms with E-state index in [4.69, 9.17) is 0 Å². The van der Waals surface area contributed by atoms with Crippen LogP contribution in [-0.4, -0.2) is 29.6 Å². The Morgan fingerprint density at radius 2 is 2.24 bits per heavy atom. The average Bonchev–Trinajstić information content (AvgIpc) is 2.61. The second-order valence-electron chi connectivity index (χ2n) is 4.51. The molecule has 0 saturated carbocycles. The zero-order valence-corrected chi connectivity index (χ0v) is 10.9. The van der Waals surface area contributed by atoms with Crippen LogP contribution in [0, 0.1) is 5.82 Å². The molecule has 1 saturated heterocycles. The predicted octanol–water partition coefficient (Wildman–Crippen LogP) is 3.16. The summed E-state index contributed by atoms with van der Waals surface area (Å²) in [7, 11) is 0. The second kappa shape index (κ2) is 4.37. The summed E-state index contributed by atoms with van der Waals surface area (Å²) in [6, 6.07) is 3.91. The van der Waals surface area contributed by atoms with Crippen molar-refractivity contribution in [2.45, 2.75) is 19.0 Å². The van der Waals surface area contributed by atoms with Crippen LogP contribution >= 0.6 is 15.9 Å². The van der Waals surface area contributed by atoms with Crippen molar-refractivity contribution >= 4 is 21.8 Å². The summed E-state index contributed by atoms with van der Waals surface area (Å²) in [6.45, 7) is 1.91. The Morgan fingerprint density at radius 1 is 1.53 bits per heavy atom. The molecule has 1 fully saturated rings. The van der Waals surface area contributed by atoms with Crippen molar-refractivity contribution in [3.63, 3.8) is 0 Å². The van der Waals surface area contributed by atoms with Crippen molar-refractivity contribution in [2.75, 3.05) is 13.1 Å². The molecule has 92 valence electrons. The number of halogens is 3. The molecule has 17 heavy (non-hydrogen) atoms. The maximum Gasteiger partial charge on any atom is 0.255 e. The van der Waals surface area contributed by atoms with Crippen LogP contribution in [0.4, 0.5) is 8.78 Å². The smallest absolute Gasteiger partial charge is 0.255 e. The molecule has 1 aliphatic heterocycles.